The summed E-state index contributed by atoms with van der Waals surface area (Å²) in [5, 5.41) is 14.6. The molecule has 0 spiro atoms. The van der Waals surface area contributed by atoms with E-state index in [1.165, 1.54) is 0 Å². The van der Waals surface area contributed by atoms with E-state index in [-0.39, 0.29) is 12.5 Å². The van der Waals surface area contributed by atoms with Crippen LogP contribution in [0.3, 0.4) is 0 Å². The molecule has 20 heavy (non-hydrogen) atoms. The predicted molar refractivity (Wildman–Crippen MR) is 78.6 cm³/mol. The Bertz CT molecular complexity index is 314. The number of hydrogen-bond acceptors (Lipinski definition) is 2. The molecule has 1 aliphatic carbocycles. The molecule has 0 aromatic rings. The topological polar surface area (TPSA) is 78.4 Å². The molecule has 0 aliphatic heterocycles. The maximum absolute atomic E-state index is 11.6. The lowest BCUT2D eigenvalue weighted by Crippen LogP contribution is -2.48. The lowest BCUT2D eigenvalue weighted by Gasteiger charge is -2.33. The van der Waals surface area contributed by atoms with Crippen molar-refractivity contribution in [3.05, 3.63) is 0 Å². The SMILES string of the molecule is CCCC(CCNC(=O)NC1CC(C)C1)CCC(=O)O. The smallest absolute Gasteiger partial charge is 0.315 e. The summed E-state index contributed by atoms with van der Waals surface area (Å²) in [6, 6.07) is 0.249. The number of amides is 2. The molecule has 0 saturated heterocycles. The Morgan fingerprint density at radius 1 is 1.25 bits per heavy atom. The summed E-state index contributed by atoms with van der Waals surface area (Å²) in [7, 11) is 0. The molecule has 0 radical (unpaired) electrons. The zero-order chi connectivity index (χ0) is 15.0. The lowest BCUT2D eigenvalue weighted by atomic mass is 9.82. The molecule has 116 valence electrons. The zero-order valence-corrected chi connectivity index (χ0v) is 12.7. The Balaban J connectivity index is 2.12. The molecule has 3 N–H and O–H groups in total. The second kappa shape index (κ2) is 8.82. The molecule has 1 unspecified atom stereocenters. The van der Waals surface area contributed by atoms with Crippen molar-refractivity contribution in [2.24, 2.45) is 11.8 Å². The number of carbonyl (C=O) groups is 2. The Hall–Kier alpha value is -1.26. The molecule has 0 aromatic heterocycles. The summed E-state index contributed by atoms with van der Waals surface area (Å²) >= 11 is 0. The fourth-order valence-electron chi connectivity index (χ4n) is 2.82. The van der Waals surface area contributed by atoms with Gasteiger partial charge in [-0.1, -0.05) is 26.7 Å². The summed E-state index contributed by atoms with van der Waals surface area (Å²) in [6.07, 6.45) is 6.00. The number of urea groups is 1. The molecular formula is C15H28N2O3. The van der Waals surface area contributed by atoms with Gasteiger partial charge < -0.3 is 15.7 Å². The van der Waals surface area contributed by atoms with E-state index in [0.29, 0.717) is 24.9 Å². The summed E-state index contributed by atoms with van der Waals surface area (Å²) in [6.45, 7) is 4.91. The Morgan fingerprint density at radius 3 is 2.50 bits per heavy atom. The van der Waals surface area contributed by atoms with Crippen LogP contribution in [0.2, 0.25) is 0 Å². The van der Waals surface area contributed by atoms with Crippen molar-refractivity contribution in [1.82, 2.24) is 10.6 Å². The predicted octanol–water partition coefficient (Wildman–Crippen LogP) is 2.76. The molecule has 1 fully saturated rings. The molecule has 1 saturated carbocycles. The van der Waals surface area contributed by atoms with Gasteiger partial charge in [0.25, 0.3) is 0 Å². The third-order valence-electron chi connectivity index (χ3n) is 4.01. The van der Waals surface area contributed by atoms with Gasteiger partial charge in [0.1, 0.15) is 0 Å². The van der Waals surface area contributed by atoms with Crippen molar-refractivity contribution in [1.29, 1.82) is 0 Å². The number of rotatable bonds is 9. The molecule has 5 nitrogen and oxygen atoms in total. The fourth-order valence-corrected chi connectivity index (χ4v) is 2.82. The maximum Gasteiger partial charge on any atom is 0.315 e. The van der Waals surface area contributed by atoms with Gasteiger partial charge in [-0.15, -0.1) is 0 Å². The van der Waals surface area contributed by atoms with Crippen LogP contribution in [0.15, 0.2) is 0 Å². The second-order valence-electron chi connectivity index (χ2n) is 6.05. The van der Waals surface area contributed by atoms with E-state index in [1.807, 2.05) is 0 Å². The first kappa shape index (κ1) is 16.8. The minimum absolute atomic E-state index is 0.0876. The van der Waals surface area contributed by atoms with E-state index < -0.39 is 5.97 Å². The first-order valence-corrected chi connectivity index (χ1v) is 7.77. The van der Waals surface area contributed by atoms with E-state index >= 15 is 0 Å². The number of carboxylic acids is 1. The number of hydrogen-bond donors (Lipinski definition) is 3. The highest BCUT2D eigenvalue weighted by atomic mass is 16.4. The maximum atomic E-state index is 11.6. The molecule has 1 atom stereocenters. The molecule has 1 aliphatic rings. The largest absolute Gasteiger partial charge is 0.481 e. The van der Waals surface area contributed by atoms with Gasteiger partial charge in [-0.3, -0.25) is 4.79 Å². The minimum atomic E-state index is -0.740. The van der Waals surface area contributed by atoms with Gasteiger partial charge in [0, 0.05) is 19.0 Å². The number of nitrogens with one attached hydrogen (secondary N) is 2. The number of carbonyl (C=O) groups excluding carboxylic acids is 1. The average molecular weight is 284 g/mol. The highest BCUT2D eigenvalue weighted by molar-refractivity contribution is 5.74. The van der Waals surface area contributed by atoms with E-state index in [0.717, 1.165) is 38.0 Å². The van der Waals surface area contributed by atoms with E-state index in [1.54, 1.807) is 0 Å². The van der Waals surface area contributed by atoms with Crippen LogP contribution in [0.1, 0.15) is 58.8 Å². The Kier molecular flexibility index (Phi) is 7.41. The third kappa shape index (κ3) is 6.78. The second-order valence-corrected chi connectivity index (χ2v) is 6.05. The molecule has 0 heterocycles. The van der Waals surface area contributed by atoms with Gasteiger partial charge in [0.05, 0.1) is 0 Å². The quantitative estimate of drug-likeness (QED) is 0.609. The van der Waals surface area contributed by atoms with Crippen LogP contribution in [0.4, 0.5) is 4.79 Å². The van der Waals surface area contributed by atoms with Crippen molar-refractivity contribution in [3.8, 4) is 0 Å². The fraction of sp³-hybridized carbons (Fsp3) is 0.867. The van der Waals surface area contributed by atoms with Crippen molar-refractivity contribution in [2.45, 2.75) is 64.8 Å². The van der Waals surface area contributed by atoms with Crippen LogP contribution in [-0.2, 0) is 4.79 Å². The van der Waals surface area contributed by atoms with E-state index in [2.05, 4.69) is 24.5 Å². The van der Waals surface area contributed by atoms with Gasteiger partial charge in [-0.05, 0) is 37.5 Å². The number of aliphatic carboxylic acids is 1. The Morgan fingerprint density at radius 2 is 1.95 bits per heavy atom. The molecule has 2 amide bonds. The normalized spacial score (nSPS) is 22.7. The van der Waals surface area contributed by atoms with Crippen LogP contribution in [0.5, 0.6) is 0 Å². The lowest BCUT2D eigenvalue weighted by molar-refractivity contribution is -0.137. The van der Waals surface area contributed by atoms with Crippen LogP contribution in [-0.4, -0.2) is 29.7 Å². The summed E-state index contributed by atoms with van der Waals surface area (Å²) in [5.41, 5.74) is 0. The standard InChI is InChI=1S/C15H28N2O3/c1-3-4-12(5-6-14(18)19)7-8-16-15(20)17-13-9-11(2)10-13/h11-13H,3-10H2,1-2H3,(H,18,19)(H2,16,17,20). The van der Waals surface area contributed by atoms with Gasteiger partial charge >= 0.3 is 12.0 Å². The molecule has 0 bridgehead atoms. The minimum Gasteiger partial charge on any atom is -0.481 e. The average Bonchev–Trinajstić information content (AvgIpc) is 2.34. The third-order valence-corrected chi connectivity index (χ3v) is 4.01. The van der Waals surface area contributed by atoms with E-state index in [4.69, 9.17) is 5.11 Å². The van der Waals surface area contributed by atoms with Gasteiger partial charge in [-0.25, -0.2) is 4.79 Å². The zero-order valence-electron chi connectivity index (χ0n) is 12.7. The highest BCUT2D eigenvalue weighted by Crippen LogP contribution is 2.26. The first-order chi connectivity index (χ1) is 9.51. The summed E-state index contributed by atoms with van der Waals surface area (Å²) in [5.74, 6) is 0.376. The first-order valence-electron chi connectivity index (χ1n) is 7.77. The van der Waals surface area contributed by atoms with Gasteiger partial charge in [0.15, 0.2) is 0 Å². The molecule has 5 heteroatoms. The van der Waals surface area contributed by atoms with Crippen LogP contribution < -0.4 is 10.6 Å². The van der Waals surface area contributed by atoms with Crippen LogP contribution in [0, 0.1) is 11.8 Å². The van der Waals surface area contributed by atoms with Crippen molar-refractivity contribution >= 4 is 12.0 Å². The van der Waals surface area contributed by atoms with Crippen LogP contribution >= 0.6 is 0 Å². The van der Waals surface area contributed by atoms with Crippen LogP contribution in [0.25, 0.3) is 0 Å². The molecule has 0 aromatic carbocycles. The summed E-state index contributed by atoms with van der Waals surface area (Å²) < 4.78 is 0. The van der Waals surface area contributed by atoms with Crippen molar-refractivity contribution in [3.63, 3.8) is 0 Å². The Labute approximate surface area is 121 Å². The van der Waals surface area contributed by atoms with Crippen molar-refractivity contribution in [2.75, 3.05) is 6.54 Å². The van der Waals surface area contributed by atoms with Gasteiger partial charge in [0.2, 0.25) is 0 Å². The summed E-state index contributed by atoms with van der Waals surface area (Å²) in [4.78, 5) is 22.2. The monoisotopic (exact) mass is 284 g/mol. The van der Waals surface area contributed by atoms with Crippen molar-refractivity contribution < 1.29 is 14.7 Å². The molecule has 1 rings (SSSR count). The highest BCUT2D eigenvalue weighted by Gasteiger charge is 2.26. The van der Waals surface area contributed by atoms with E-state index in [9.17, 15) is 9.59 Å². The number of carboxylic acid groups (broad SMARTS) is 1. The van der Waals surface area contributed by atoms with Gasteiger partial charge in [-0.2, -0.15) is 0 Å². The molecular weight excluding hydrogens is 256 g/mol.